The molecule has 1 aliphatic heterocycles. The fraction of sp³-hybridized carbons (Fsp3) is 0.190. The Hall–Kier alpha value is -3.37. The molecule has 3 heterocycles. The van der Waals surface area contributed by atoms with Gasteiger partial charge < -0.3 is 19.8 Å². The van der Waals surface area contributed by atoms with Gasteiger partial charge in [-0.05, 0) is 36.8 Å². The number of rotatable bonds is 7. The van der Waals surface area contributed by atoms with Crippen molar-refractivity contribution in [2.24, 2.45) is 0 Å². The Morgan fingerprint density at radius 2 is 1.94 bits per heavy atom. The smallest absolute Gasteiger partial charge is 0.338 e. The summed E-state index contributed by atoms with van der Waals surface area (Å²) < 4.78 is 10.9. The number of nitrogens with zero attached hydrogens (tertiary/aromatic N) is 3. The summed E-state index contributed by atoms with van der Waals surface area (Å²) in [7, 11) is 0. The molecule has 0 saturated heterocycles. The molecule has 0 saturated carbocycles. The third kappa shape index (κ3) is 4.92. The van der Waals surface area contributed by atoms with Crippen molar-refractivity contribution in [2.45, 2.75) is 18.2 Å². The topological polar surface area (TPSA) is 119 Å². The van der Waals surface area contributed by atoms with Gasteiger partial charge in [0.1, 0.15) is 0 Å². The lowest BCUT2D eigenvalue weighted by Gasteiger charge is -2.29. The Morgan fingerprint density at radius 1 is 1.19 bits per heavy atom. The van der Waals surface area contributed by atoms with Gasteiger partial charge in [0, 0.05) is 34.4 Å². The quantitative estimate of drug-likeness (QED) is 0.395. The number of esters is 1. The first kappa shape index (κ1) is 21.8. The van der Waals surface area contributed by atoms with Gasteiger partial charge in [0.25, 0.3) is 5.22 Å². The molecule has 0 spiro atoms. The lowest BCUT2D eigenvalue weighted by molar-refractivity contribution is -0.139. The third-order valence-corrected chi connectivity index (χ3v) is 5.62. The van der Waals surface area contributed by atoms with E-state index in [2.05, 4.69) is 25.8 Å². The number of benzene rings is 1. The molecule has 1 aliphatic rings. The number of nitrogens with one attached hydrogen (secondary N) is 2. The van der Waals surface area contributed by atoms with Crippen LogP contribution in [0.5, 0.6) is 0 Å². The molecule has 9 nitrogen and oxygen atoms in total. The average molecular weight is 472 g/mol. The maximum Gasteiger partial charge on any atom is 0.338 e. The van der Waals surface area contributed by atoms with Crippen LogP contribution < -0.4 is 10.6 Å². The second-order valence-corrected chi connectivity index (χ2v) is 7.96. The first-order valence-electron chi connectivity index (χ1n) is 9.65. The summed E-state index contributed by atoms with van der Waals surface area (Å²) in [5, 5.41) is 14.4. The van der Waals surface area contributed by atoms with E-state index < -0.39 is 18.0 Å². The summed E-state index contributed by atoms with van der Waals surface area (Å²) in [5.41, 5.74) is 2.15. The predicted octanol–water partition coefficient (Wildman–Crippen LogP) is 3.75. The number of carbonyl (C=O) groups is 2. The van der Waals surface area contributed by atoms with Crippen LogP contribution in [0.1, 0.15) is 18.5 Å². The number of pyridine rings is 1. The molecule has 1 unspecified atom stereocenters. The lowest BCUT2D eigenvalue weighted by atomic mass is 9.95. The maximum atomic E-state index is 12.8. The first-order valence-corrected chi connectivity index (χ1v) is 11.0. The van der Waals surface area contributed by atoms with Gasteiger partial charge in [0.15, 0.2) is 0 Å². The molecule has 0 aliphatic carbocycles. The SMILES string of the molecule is CCOC(=O)C1=C(CSc2nnc(-c3ccncc3)o2)NC(=O)NC1c1ccc(Cl)cc1. The maximum absolute atomic E-state index is 12.8. The van der Waals surface area contributed by atoms with Gasteiger partial charge in [0.05, 0.1) is 18.2 Å². The van der Waals surface area contributed by atoms with E-state index in [0.717, 1.165) is 5.56 Å². The molecule has 4 rings (SSSR count). The van der Waals surface area contributed by atoms with Crippen molar-refractivity contribution in [1.29, 1.82) is 0 Å². The summed E-state index contributed by atoms with van der Waals surface area (Å²) in [6.45, 7) is 1.92. The summed E-state index contributed by atoms with van der Waals surface area (Å²) in [5.74, 6) is 0.0327. The number of thioether (sulfide) groups is 1. The molecule has 2 N–H and O–H groups in total. The Kier molecular flexibility index (Phi) is 6.72. The average Bonchev–Trinajstić information content (AvgIpc) is 3.27. The van der Waals surface area contributed by atoms with Crippen LogP contribution in [0.2, 0.25) is 5.02 Å². The van der Waals surface area contributed by atoms with Crippen molar-refractivity contribution < 1.29 is 18.7 Å². The third-order valence-electron chi connectivity index (χ3n) is 4.53. The largest absolute Gasteiger partial charge is 0.463 e. The van der Waals surface area contributed by atoms with E-state index in [4.69, 9.17) is 20.8 Å². The van der Waals surface area contributed by atoms with Crippen molar-refractivity contribution >= 4 is 35.4 Å². The molecular weight excluding hydrogens is 454 g/mol. The Labute approximate surface area is 192 Å². The number of halogens is 1. The van der Waals surface area contributed by atoms with Gasteiger partial charge in [-0.2, -0.15) is 0 Å². The van der Waals surface area contributed by atoms with Crippen molar-refractivity contribution in [3.8, 4) is 11.5 Å². The second-order valence-electron chi connectivity index (χ2n) is 6.59. The first-order chi connectivity index (χ1) is 15.5. The van der Waals surface area contributed by atoms with E-state index in [9.17, 15) is 9.59 Å². The standard InChI is InChI=1S/C21H18ClN5O4S/c1-2-30-19(28)16-15(24-20(29)25-17(16)12-3-5-14(22)6-4-12)11-32-21-27-26-18(31-21)13-7-9-23-10-8-13/h3-10,17H,2,11H2,1H3,(H2,24,25,29). The van der Waals surface area contributed by atoms with Crippen LogP contribution in [-0.4, -0.2) is 39.5 Å². The minimum atomic E-state index is -0.689. The number of carbonyl (C=O) groups excluding carboxylic acids is 2. The number of aromatic nitrogens is 3. The van der Waals surface area contributed by atoms with E-state index in [1.807, 2.05) is 0 Å². The molecule has 0 radical (unpaired) electrons. The Balaban J connectivity index is 1.61. The summed E-state index contributed by atoms with van der Waals surface area (Å²) in [6.07, 6.45) is 3.26. The highest BCUT2D eigenvalue weighted by atomic mass is 35.5. The van der Waals surface area contributed by atoms with Gasteiger partial charge in [-0.25, -0.2) is 9.59 Å². The molecule has 0 bridgehead atoms. The van der Waals surface area contributed by atoms with Crippen LogP contribution in [0.3, 0.4) is 0 Å². The second kappa shape index (κ2) is 9.84. The van der Waals surface area contributed by atoms with Crippen molar-refractivity contribution in [3.05, 3.63) is 70.6 Å². The molecule has 0 fully saturated rings. The number of hydrogen-bond donors (Lipinski definition) is 2. The molecule has 1 aromatic carbocycles. The minimum absolute atomic E-state index is 0.197. The van der Waals surface area contributed by atoms with Crippen molar-refractivity contribution in [3.63, 3.8) is 0 Å². The molecule has 32 heavy (non-hydrogen) atoms. The van der Waals surface area contributed by atoms with Crippen LogP contribution in [0, 0.1) is 0 Å². The summed E-state index contributed by atoms with van der Waals surface area (Å²) in [4.78, 5) is 29.1. The van der Waals surface area contributed by atoms with Crippen LogP contribution in [-0.2, 0) is 9.53 Å². The van der Waals surface area contributed by atoms with Crippen LogP contribution in [0.4, 0.5) is 4.79 Å². The van der Waals surface area contributed by atoms with E-state index in [-0.39, 0.29) is 12.4 Å². The van der Waals surface area contributed by atoms with E-state index in [1.54, 1.807) is 55.7 Å². The monoisotopic (exact) mass is 471 g/mol. The van der Waals surface area contributed by atoms with Gasteiger partial charge in [-0.3, -0.25) is 4.98 Å². The van der Waals surface area contributed by atoms with Crippen LogP contribution in [0.15, 0.2) is 69.7 Å². The molecule has 1 atom stereocenters. The highest BCUT2D eigenvalue weighted by Gasteiger charge is 2.33. The van der Waals surface area contributed by atoms with E-state index in [1.165, 1.54) is 11.8 Å². The minimum Gasteiger partial charge on any atom is -0.463 e. The number of hydrogen-bond acceptors (Lipinski definition) is 8. The van der Waals surface area contributed by atoms with Crippen molar-refractivity contribution in [2.75, 3.05) is 12.4 Å². The predicted molar refractivity (Wildman–Crippen MR) is 118 cm³/mol. The highest BCUT2D eigenvalue weighted by Crippen LogP contribution is 2.31. The molecule has 2 amide bonds. The molecule has 164 valence electrons. The van der Waals surface area contributed by atoms with Crippen LogP contribution in [0.25, 0.3) is 11.5 Å². The zero-order valence-corrected chi connectivity index (χ0v) is 18.4. The zero-order chi connectivity index (χ0) is 22.5. The Morgan fingerprint density at radius 3 is 2.66 bits per heavy atom. The fourth-order valence-corrected chi connectivity index (χ4v) is 3.96. The van der Waals surface area contributed by atoms with E-state index in [0.29, 0.717) is 33.0 Å². The molecule has 11 heteroatoms. The number of amides is 2. The normalized spacial score (nSPS) is 15.8. The van der Waals surface area contributed by atoms with Gasteiger partial charge in [0.2, 0.25) is 5.89 Å². The van der Waals surface area contributed by atoms with Gasteiger partial charge >= 0.3 is 12.0 Å². The lowest BCUT2D eigenvalue weighted by Crippen LogP contribution is -2.46. The van der Waals surface area contributed by atoms with E-state index >= 15 is 0 Å². The van der Waals surface area contributed by atoms with Gasteiger partial charge in [-0.1, -0.05) is 35.5 Å². The van der Waals surface area contributed by atoms with Gasteiger partial charge in [-0.15, -0.1) is 10.2 Å². The molecule has 3 aromatic rings. The number of urea groups is 1. The zero-order valence-electron chi connectivity index (χ0n) is 16.9. The summed E-state index contributed by atoms with van der Waals surface area (Å²) >= 11 is 7.19. The Bertz CT molecular complexity index is 1150. The molecular formula is C21H18ClN5O4S. The van der Waals surface area contributed by atoms with Crippen molar-refractivity contribution in [1.82, 2.24) is 25.8 Å². The summed E-state index contributed by atoms with van der Waals surface area (Å²) in [6, 6.07) is 9.29. The molecule has 2 aromatic heterocycles. The van der Waals surface area contributed by atoms with Crippen LogP contribution >= 0.6 is 23.4 Å². The number of ether oxygens (including phenoxy) is 1. The highest BCUT2D eigenvalue weighted by molar-refractivity contribution is 7.99. The fourth-order valence-electron chi connectivity index (χ4n) is 3.10.